The van der Waals surface area contributed by atoms with E-state index in [1.807, 2.05) is 0 Å². The zero-order chi connectivity index (χ0) is 38.7. The van der Waals surface area contributed by atoms with Gasteiger partial charge in [0, 0.05) is 19.3 Å². The number of rotatable bonds is 39. The van der Waals surface area contributed by atoms with Gasteiger partial charge in [-0.2, -0.15) is 0 Å². The molecule has 0 heterocycles. The van der Waals surface area contributed by atoms with Gasteiger partial charge in [0.2, 0.25) is 0 Å². The molecule has 0 spiro atoms. The molecule has 0 radical (unpaired) electrons. The first-order valence-corrected chi connectivity index (χ1v) is 22.1. The Morgan fingerprint density at radius 1 is 0.396 bits per heavy atom. The third kappa shape index (κ3) is 40.4. The van der Waals surface area contributed by atoms with Crippen molar-refractivity contribution in [3.8, 4) is 0 Å². The van der Waals surface area contributed by atoms with Gasteiger partial charge in [0.15, 0.2) is 6.10 Å². The van der Waals surface area contributed by atoms with Crippen molar-refractivity contribution in [1.29, 1.82) is 0 Å². The van der Waals surface area contributed by atoms with E-state index >= 15 is 0 Å². The first-order chi connectivity index (χ1) is 26.0. The maximum Gasteiger partial charge on any atom is 0.306 e. The van der Waals surface area contributed by atoms with Crippen molar-refractivity contribution in [3.05, 3.63) is 48.6 Å². The van der Waals surface area contributed by atoms with E-state index in [0.717, 1.165) is 116 Å². The summed E-state index contributed by atoms with van der Waals surface area (Å²) in [6.07, 6.45) is 48.1. The second-order valence-corrected chi connectivity index (χ2v) is 14.6. The van der Waals surface area contributed by atoms with Crippen LogP contribution in [0.2, 0.25) is 0 Å². The molecule has 1 unspecified atom stereocenters. The molecule has 0 bridgehead atoms. The van der Waals surface area contributed by atoms with Crippen LogP contribution in [-0.4, -0.2) is 37.2 Å². The van der Waals surface area contributed by atoms with E-state index in [9.17, 15) is 14.4 Å². The second kappa shape index (κ2) is 42.1. The molecule has 53 heavy (non-hydrogen) atoms. The largest absolute Gasteiger partial charge is 0.462 e. The maximum absolute atomic E-state index is 12.7. The molecule has 6 nitrogen and oxygen atoms in total. The lowest BCUT2D eigenvalue weighted by Gasteiger charge is -2.18. The molecule has 0 amide bonds. The number of hydrogen-bond donors (Lipinski definition) is 0. The van der Waals surface area contributed by atoms with E-state index in [1.165, 1.54) is 57.8 Å². The summed E-state index contributed by atoms with van der Waals surface area (Å²) in [5, 5.41) is 0. The Morgan fingerprint density at radius 3 is 1.25 bits per heavy atom. The number of allylic oxidation sites excluding steroid dienone is 8. The van der Waals surface area contributed by atoms with Gasteiger partial charge in [0.1, 0.15) is 13.2 Å². The summed E-state index contributed by atoms with van der Waals surface area (Å²) in [5.41, 5.74) is 0. The van der Waals surface area contributed by atoms with Crippen LogP contribution < -0.4 is 0 Å². The number of unbranched alkanes of at least 4 members (excludes halogenated alkanes) is 20. The lowest BCUT2D eigenvalue weighted by molar-refractivity contribution is -0.167. The standard InChI is InChI=1S/C47H82O6/c1-4-7-10-13-16-19-22-23-24-25-26-29-31-34-37-40-46(49)52-43-44(53-47(50)41-38-35-32-28-21-18-15-12-9-6-3)42-51-45(48)39-36-33-30-27-20-17-14-11-8-5-2/h7,10,12,15-16,19,23-24,44H,4-6,8-9,11,13-14,17-18,20-22,25-43H2,1-3H3/b10-7-,15-12-,19-16-,24-23-. The highest BCUT2D eigenvalue weighted by Gasteiger charge is 2.19. The van der Waals surface area contributed by atoms with Crippen molar-refractivity contribution >= 4 is 17.9 Å². The molecule has 0 aliphatic carbocycles. The summed E-state index contributed by atoms with van der Waals surface area (Å²) in [6, 6.07) is 0. The van der Waals surface area contributed by atoms with E-state index in [4.69, 9.17) is 14.2 Å². The van der Waals surface area contributed by atoms with Gasteiger partial charge in [0.25, 0.3) is 0 Å². The summed E-state index contributed by atoms with van der Waals surface area (Å²) in [7, 11) is 0. The van der Waals surface area contributed by atoms with Gasteiger partial charge in [-0.1, -0.05) is 172 Å². The maximum atomic E-state index is 12.7. The van der Waals surface area contributed by atoms with E-state index in [-0.39, 0.29) is 31.1 Å². The van der Waals surface area contributed by atoms with Crippen LogP contribution >= 0.6 is 0 Å². The zero-order valence-corrected chi connectivity index (χ0v) is 34.8. The summed E-state index contributed by atoms with van der Waals surface area (Å²) in [6.45, 7) is 6.41. The molecule has 0 aromatic carbocycles. The Hall–Kier alpha value is -2.63. The van der Waals surface area contributed by atoms with Gasteiger partial charge in [-0.25, -0.2) is 0 Å². The lowest BCUT2D eigenvalue weighted by atomic mass is 10.1. The predicted octanol–water partition coefficient (Wildman–Crippen LogP) is 14.0. The Bertz CT molecular complexity index is 949. The Balaban J connectivity index is 4.38. The molecule has 1 atom stereocenters. The molecule has 0 aromatic heterocycles. The van der Waals surface area contributed by atoms with Gasteiger partial charge >= 0.3 is 17.9 Å². The molecule has 0 aliphatic heterocycles. The summed E-state index contributed by atoms with van der Waals surface area (Å²) >= 11 is 0. The van der Waals surface area contributed by atoms with Gasteiger partial charge in [0.05, 0.1) is 0 Å². The number of carbonyl (C=O) groups is 3. The van der Waals surface area contributed by atoms with Gasteiger partial charge in [-0.3, -0.25) is 14.4 Å². The molecule has 0 N–H and O–H groups in total. The number of esters is 3. The van der Waals surface area contributed by atoms with Crippen molar-refractivity contribution in [3.63, 3.8) is 0 Å². The van der Waals surface area contributed by atoms with Crippen LogP contribution in [-0.2, 0) is 28.6 Å². The highest BCUT2D eigenvalue weighted by atomic mass is 16.6. The highest BCUT2D eigenvalue weighted by molar-refractivity contribution is 5.71. The summed E-state index contributed by atoms with van der Waals surface area (Å²) in [5.74, 6) is -0.914. The van der Waals surface area contributed by atoms with Crippen molar-refractivity contribution < 1.29 is 28.6 Å². The van der Waals surface area contributed by atoms with Crippen LogP contribution in [0.4, 0.5) is 0 Å². The van der Waals surface area contributed by atoms with Crippen LogP contribution in [0.1, 0.15) is 213 Å². The third-order valence-corrected chi connectivity index (χ3v) is 9.30. The van der Waals surface area contributed by atoms with Crippen molar-refractivity contribution in [1.82, 2.24) is 0 Å². The van der Waals surface area contributed by atoms with Crippen LogP contribution in [0.15, 0.2) is 48.6 Å². The molecule has 0 aliphatic rings. The molecular formula is C47H82O6. The first-order valence-electron chi connectivity index (χ1n) is 22.1. The van der Waals surface area contributed by atoms with Crippen molar-refractivity contribution in [2.45, 2.75) is 219 Å². The Kier molecular flexibility index (Phi) is 40.0. The van der Waals surface area contributed by atoms with Gasteiger partial charge in [-0.15, -0.1) is 0 Å². The second-order valence-electron chi connectivity index (χ2n) is 14.6. The predicted molar refractivity (Wildman–Crippen MR) is 224 cm³/mol. The number of carbonyl (C=O) groups excluding carboxylic acids is 3. The van der Waals surface area contributed by atoms with Gasteiger partial charge in [-0.05, 0) is 70.6 Å². The molecule has 6 heteroatoms. The van der Waals surface area contributed by atoms with Gasteiger partial charge < -0.3 is 14.2 Å². The zero-order valence-electron chi connectivity index (χ0n) is 34.8. The summed E-state index contributed by atoms with van der Waals surface area (Å²) in [4.78, 5) is 37.6. The number of ether oxygens (including phenoxy) is 3. The van der Waals surface area contributed by atoms with E-state index < -0.39 is 6.10 Å². The normalized spacial score (nSPS) is 12.4. The molecule has 0 saturated carbocycles. The minimum atomic E-state index is -0.778. The minimum Gasteiger partial charge on any atom is -0.462 e. The van der Waals surface area contributed by atoms with Crippen LogP contribution in [0.3, 0.4) is 0 Å². The van der Waals surface area contributed by atoms with E-state index in [0.29, 0.717) is 19.3 Å². The fourth-order valence-electron chi connectivity index (χ4n) is 5.99. The molecule has 0 rings (SSSR count). The van der Waals surface area contributed by atoms with Crippen LogP contribution in [0, 0.1) is 0 Å². The monoisotopic (exact) mass is 743 g/mol. The van der Waals surface area contributed by atoms with Crippen molar-refractivity contribution in [2.75, 3.05) is 13.2 Å². The quantitative estimate of drug-likeness (QED) is 0.0270. The van der Waals surface area contributed by atoms with Crippen LogP contribution in [0.5, 0.6) is 0 Å². The SMILES string of the molecule is CC/C=C\C/C=C\C/C=C\CCCCCCCC(=O)OCC(COC(=O)CCCCCCCCCCCC)OC(=O)CCCCCCC/C=C\CCC. The Morgan fingerprint density at radius 2 is 0.774 bits per heavy atom. The molecular weight excluding hydrogens is 661 g/mol. The van der Waals surface area contributed by atoms with E-state index in [1.54, 1.807) is 0 Å². The third-order valence-electron chi connectivity index (χ3n) is 9.30. The average molecular weight is 743 g/mol. The summed E-state index contributed by atoms with van der Waals surface area (Å²) < 4.78 is 16.6. The smallest absolute Gasteiger partial charge is 0.306 e. The highest BCUT2D eigenvalue weighted by Crippen LogP contribution is 2.14. The van der Waals surface area contributed by atoms with Crippen LogP contribution in [0.25, 0.3) is 0 Å². The topological polar surface area (TPSA) is 78.9 Å². The number of hydrogen-bond acceptors (Lipinski definition) is 6. The van der Waals surface area contributed by atoms with Crippen molar-refractivity contribution in [2.24, 2.45) is 0 Å². The fourth-order valence-corrected chi connectivity index (χ4v) is 5.99. The first kappa shape index (κ1) is 50.4. The average Bonchev–Trinajstić information content (AvgIpc) is 3.15. The van der Waals surface area contributed by atoms with E-state index in [2.05, 4.69) is 69.4 Å². The minimum absolute atomic E-state index is 0.0812. The molecule has 0 aromatic rings. The fraction of sp³-hybridized carbons (Fsp3) is 0.766. The molecule has 0 fully saturated rings. The molecule has 306 valence electrons. The Labute approximate surface area is 327 Å². The lowest BCUT2D eigenvalue weighted by Crippen LogP contribution is -2.30. The molecule has 0 saturated heterocycles.